The quantitative estimate of drug-likeness (QED) is 0.463. The van der Waals surface area contributed by atoms with E-state index in [2.05, 4.69) is 12.3 Å². The Balaban J connectivity index is 0.000000292. The third-order valence-electron chi connectivity index (χ3n) is 1.42. The largest absolute Gasteiger partial charge is 0.504 e. The first kappa shape index (κ1) is 12.0. The van der Waals surface area contributed by atoms with Crippen LogP contribution in [0.1, 0.15) is 5.56 Å². The number of hydrogen-bond donors (Lipinski definition) is 3. The molecule has 0 bridgehead atoms. The number of carbonyl (C=O) groups is 1. The van der Waals surface area contributed by atoms with Crippen molar-refractivity contribution >= 4 is 5.91 Å². The first-order valence-electron chi connectivity index (χ1n) is 3.88. The first-order chi connectivity index (χ1) is 6.49. The van der Waals surface area contributed by atoms with Gasteiger partial charge in [0.05, 0.1) is 0 Å². The van der Waals surface area contributed by atoms with Crippen molar-refractivity contribution in [2.75, 3.05) is 0 Å². The van der Waals surface area contributed by atoms with Gasteiger partial charge in [-0.1, -0.05) is 18.7 Å². The van der Waals surface area contributed by atoms with Crippen LogP contribution in [0, 0.1) is 6.92 Å². The van der Waals surface area contributed by atoms with Crippen molar-refractivity contribution in [2.45, 2.75) is 6.92 Å². The second-order valence-corrected chi connectivity index (χ2v) is 2.55. The number of rotatable bonds is 1. The number of aryl methyl sites for hydroxylation is 1. The Morgan fingerprint density at radius 2 is 2.00 bits per heavy atom. The van der Waals surface area contributed by atoms with Crippen LogP contribution in [0.25, 0.3) is 0 Å². The number of phenolic OH excluding ortho intramolecular Hbond substituents is 2. The van der Waals surface area contributed by atoms with Gasteiger partial charge < -0.3 is 15.9 Å². The molecular formula is C10H13NO3. The molecule has 0 atom stereocenters. The molecule has 0 saturated carbocycles. The average Bonchev–Trinajstić information content (AvgIpc) is 2.15. The molecule has 1 aromatic carbocycles. The zero-order valence-electron chi connectivity index (χ0n) is 7.90. The standard InChI is InChI=1S/C7H8O2.C3H5NO/c1-5-3-2-4-6(8)7(5)9;1-2-3(4)5/h2-4,8-9H,1H3;2H,1H2,(H2,4,5). The number of primary amides is 1. The van der Waals surface area contributed by atoms with Gasteiger partial charge in [0.15, 0.2) is 11.5 Å². The summed E-state index contributed by atoms with van der Waals surface area (Å²) in [7, 11) is 0. The van der Waals surface area contributed by atoms with Crippen LogP contribution in [0.3, 0.4) is 0 Å². The van der Waals surface area contributed by atoms with E-state index in [0.717, 1.165) is 6.08 Å². The molecule has 1 aromatic rings. The summed E-state index contributed by atoms with van der Waals surface area (Å²) in [6, 6.07) is 4.86. The van der Waals surface area contributed by atoms with Crippen molar-refractivity contribution in [3.8, 4) is 11.5 Å². The van der Waals surface area contributed by atoms with E-state index in [1.165, 1.54) is 6.07 Å². The van der Waals surface area contributed by atoms with Gasteiger partial charge in [0.25, 0.3) is 0 Å². The lowest BCUT2D eigenvalue weighted by Gasteiger charge is -1.97. The second kappa shape index (κ2) is 5.64. The molecule has 0 saturated heterocycles. The van der Waals surface area contributed by atoms with Crippen molar-refractivity contribution in [1.29, 1.82) is 0 Å². The van der Waals surface area contributed by atoms with Gasteiger partial charge in [0.1, 0.15) is 0 Å². The fourth-order valence-electron chi connectivity index (χ4n) is 0.643. The average molecular weight is 195 g/mol. The lowest BCUT2D eigenvalue weighted by atomic mass is 10.2. The summed E-state index contributed by atoms with van der Waals surface area (Å²) in [4.78, 5) is 9.47. The van der Waals surface area contributed by atoms with Gasteiger partial charge in [0.2, 0.25) is 5.91 Å². The molecule has 0 spiro atoms. The van der Waals surface area contributed by atoms with Crippen molar-refractivity contribution in [3.05, 3.63) is 36.4 Å². The molecule has 14 heavy (non-hydrogen) atoms. The second-order valence-electron chi connectivity index (χ2n) is 2.55. The number of amides is 1. The van der Waals surface area contributed by atoms with Gasteiger partial charge in [-0.3, -0.25) is 4.79 Å². The first-order valence-corrected chi connectivity index (χ1v) is 3.88. The summed E-state index contributed by atoms with van der Waals surface area (Å²) in [5.74, 6) is -0.572. The number of hydrogen-bond acceptors (Lipinski definition) is 3. The monoisotopic (exact) mass is 195 g/mol. The maximum Gasteiger partial charge on any atom is 0.240 e. The van der Waals surface area contributed by atoms with Crippen molar-refractivity contribution in [2.24, 2.45) is 5.73 Å². The summed E-state index contributed by atoms with van der Waals surface area (Å²) in [5, 5.41) is 17.8. The molecule has 4 heteroatoms. The number of nitrogens with two attached hydrogens (primary N) is 1. The van der Waals surface area contributed by atoms with Crippen molar-refractivity contribution in [3.63, 3.8) is 0 Å². The van der Waals surface area contributed by atoms with Gasteiger partial charge in [-0.05, 0) is 24.6 Å². The van der Waals surface area contributed by atoms with Crippen LogP contribution in [-0.4, -0.2) is 16.1 Å². The number of benzene rings is 1. The van der Waals surface area contributed by atoms with E-state index in [4.69, 9.17) is 10.2 Å². The van der Waals surface area contributed by atoms with Gasteiger partial charge in [-0.25, -0.2) is 0 Å². The Bertz CT molecular complexity index is 314. The van der Waals surface area contributed by atoms with Crippen LogP contribution in [0.5, 0.6) is 11.5 Å². The highest BCUT2D eigenvalue weighted by molar-refractivity contribution is 5.84. The third kappa shape index (κ3) is 4.15. The number of aromatic hydroxyl groups is 2. The van der Waals surface area contributed by atoms with E-state index in [1.54, 1.807) is 19.1 Å². The SMILES string of the molecule is C=CC(N)=O.Cc1cccc(O)c1O. The molecule has 0 fully saturated rings. The van der Waals surface area contributed by atoms with Crippen molar-refractivity contribution < 1.29 is 15.0 Å². The molecule has 0 unspecified atom stereocenters. The van der Waals surface area contributed by atoms with E-state index in [0.29, 0.717) is 5.56 Å². The van der Waals surface area contributed by atoms with Crippen LogP contribution >= 0.6 is 0 Å². The zero-order valence-corrected chi connectivity index (χ0v) is 7.90. The molecule has 4 N–H and O–H groups in total. The van der Waals surface area contributed by atoms with Gasteiger partial charge in [-0.2, -0.15) is 0 Å². The fourth-order valence-corrected chi connectivity index (χ4v) is 0.643. The molecule has 76 valence electrons. The van der Waals surface area contributed by atoms with E-state index >= 15 is 0 Å². The summed E-state index contributed by atoms with van der Waals surface area (Å²) < 4.78 is 0. The third-order valence-corrected chi connectivity index (χ3v) is 1.42. The maximum absolute atomic E-state index is 9.47. The summed E-state index contributed by atoms with van der Waals surface area (Å²) >= 11 is 0. The molecule has 0 aliphatic carbocycles. The highest BCUT2D eigenvalue weighted by Gasteiger charge is 1.98. The Morgan fingerprint density at radius 1 is 1.50 bits per heavy atom. The zero-order chi connectivity index (χ0) is 11.1. The molecule has 0 aliphatic rings. The van der Waals surface area contributed by atoms with Gasteiger partial charge in [0, 0.05) is 0 Å². The number of phenols is 2. The lowest BCUT2D eigenvalue weighted by molar-refractivity contribution is -0.113. The van der Waals surface area contributed by atoms with Crippen molar-refractivity contribution in [1.82, 2.24) is 0 Å². The minimum absolute atomic E-state index is 0.0301. The number of para-hydroxylation sites is 1. The fraction of sp³-hybridized carbons (Fsp3) is 0.100. The summed E-state index contributed by atoms with van der Waals surface area (Å²) in [6.07, 6.45) is 1.06. The molecule has 1 rings (SSSR count). The molecule has 4 nitrogen and oxygen atoms in total. The molecule has 0 aromatic heterocycles. The normalized spacial score (nSPS) is 8.36. The maximum atomic E-state index is 9.47. The number of carbonyl (C=O) groups excluding carboxylic acids is 1. The Labute approximate surface area is 82.3 Å². The Kier molecular flexibility index (Phi) is 4.84. The minimum Gasteiger partial charge on any atom is -0.504 e. The lowest BCUT2D eigenvalue weighted by Crippen LogP contribution is -2.04. The Hall–Kier alpha value is -1.97. The topological polar surface area (TPSA) is 83.6 Å². The van der Waals surface area contributed by atoms with Gasteiger partial charge >= 0.3 is 0 Å². The van der Waals surface area contributed by atoms with Crippen LogP contribution in [0.2, 0.25) is 0 Å². The van der Waals surface area contributed by atoms with Crippen LogP contribution in [0.4, 0.5) is 0 Å². The van der Waals surface area contributed by atoms with Crippen LogP contribution in [0.15, 0.2) is 30.9 Å². The molecule has 0 heterocycles. The predicted molar refractivity (Wildman–Crippen MR) is 53.9 cm³/mol. The predicted octanol–water partition coefficient (Wildman–Crippen LogP) is 1.06. The minimum atomic E-state index is -0.481. The van der Waals surface area contributed by atoms with E-state index < -0.39 is 5.91 Å². The highest BCUT2D eigenvalue weighted by Crippen LogP contribution is 2.26. The highest BCUT2D eigenvalue weighted by atomic mass is 16.3. The smallest absolute Gasteiger partial charge is 0.240 e. The van der Waals surface area contributed by atoms with E-state index in [-0.39, 0.29) is 11.5 Å². The summed E-state index contributed by atoms with van der Waals surface area (Å²) in [5.41, 5.74) is 5.22. The van der Waals surface area contributed by atoms with E-state index in [9.17, 15) is 4.79 Å². The molecule has 0 aliphatic heterocycles. The Morgan fingerprint density at radius 3 is 2.29 bits per heavy atom. The molecule has 0 radical (unpaired) electrons. The van der Waals surface area contributed by atoms with Gasteiger partial charge in [-0.15, -0.1) is 0 Å². The molecule has 1 amide bonds. The van der Waals surface area contributed by atoms with E-state index in [1.807, 2.05) is 0 Å². The summed E-state index contributed by atoms with van der Waals surface area (Å²) in [6.45, 7) is 4.82. The van der Waals surface area contributed by atoms with Crippen LogP contribution in [-0.2, 0) is 4.79 Å². The molecular weight excluding hydrogens is 182 g/mol. The van der Waals surface area contributed by atoms with Crippen LogP contribution < -0.4 is 5.73 Å².